The molecule has 2 N–H and O–H groups in total. The molecule has 1 saturated carbocycles. The Morgan fingerprint density at radius 3 is 2.77 bits per heavy atom. The third kappa shape index (κ3) is 3.46. The summed E-state index contributed by atoms with van der Waals surface area (Å²) in [6, 6.07) is 9.14. The van der Waals surface area contributed by atoms with Gasteiger partial charge < -0.3 is 4.90 Å². The second kappa shape index (κ2) is 7.50. The van der Waals surface area contributed by atoms with Crippen LogP contribution in [0.2, 0.25) is 5.02 Å². The molecule has 7 heteroatoms. The van der Waals surface area contributed by atoms with Crippen molar-refractivity contribution in [3.05, 3.63) is 47.7 Å². The van der Waals surface area contributed by atoms with Gasteiger partial charge in [0.15, 0.2) is 0 Å². The van der Waals surface area contributed by atoms with Crippen molar-refractivity contribution >= 4 is 29.1 Å². The number of hydrazine groups is 1. The van der Waals surface area contributed by atoms with Crippen LogP contribution in [-0.4, -0.2) is 28.0 Å². The maximum Gasteiger partial charge on any atom is 0.261 e. The molecule has 3 atom stereocenters. The van der Waals surface area contributed by atoms with Gasteiger partial charge in [-0.2, -0.15) is 0 Å². The van der Waals surface area contributed by atoms with Gasteiger partial charge in [0.05, 0.1) is 5.69 Å². The van der Waals surface area contributed by atoms with Crippen LogP contribution in [0.5, 0.6) is 0 Å². The SMILES string of the molecule is O=C(NNc1cccc(Cl)c1)[C@@H]1C[C@H]2CCCC[C@H]2N1c1ncccn1. The minimum Gasteiger partial charge on any atom is -0.325 e. The van der Waals surface area contributed by atoms with Gasteiger partial charge in [0.2, 0.25) is 5.95 Å². The van der Waals surface area contributed by atoms with E-state index in [1.807, 2.05) is 12.1 Å². The molecule has 1 aliphatic carbocycles. The average molecular weight is 372 g/mol. The molecule has 2 aliphatic rings. The van der Waals surface area contributed by atoms with Gasteiger partial charge in [-0.05, 0) is 49.4 Å². The standard InChI is InChI=1S/C19H22ClN5O/c20-14-6-3-7-15(12-14)23-24-18(26)17-11-13-5-1-2-8-16(13)25(17)19-21-9-4-10-22-19/h3-4,6-7,9-10,12-13,16-17,23H,1-2,5,8,11H2,(H,24,26)/t13-,16-,17+/m1/s1. The summed E-state index contributed by atoms with van der Waals surface area (Å²) in [5, 5.41) is 0.621. The summed E-state index contributed by atoms with van der Waals surface area (Å²) in [5.74, 6) is 1.10. The zero-order chi connectivity index (χ0) is 17.9. The molecule has 4 rings (SSSR count). The number of carbonyl (C=O) groups is 1. The van der Waals surface area contributed by atoms with E-state index in [2.05, 4.69) is 25.7 Å². The molecule has 2 heterocycles. The first-order valence-electron chi connectivity index (χ1n) is 9.09. The number of aromatic nitrogens is 2. The van der Waals surface area contributed by atoms with Gasteiger partial charge in [-0.15, -0.1) is 0 Å². The normalized spacial score (nSPS) is 24.8. The van der Waals surface area contributed by atoms with Crippen molar-refractivity contribution in [2.24, 2.45) is 5.92 Å². The van der Waals surface area contributed by atoms with E-state index in [9.17, 15) is 4.79 Å². The first-order valence-corrected chi connectivity index (χ1v) is 9.47. The number of nitrogens with zero attached hydrogens (tertiary/aromatic N) is 3. The highest BCUT2D eigenvalue weighted by Gasteiger charge is 2.46. The van der Waals surface area contributed by atoms with Crippen molar-refractivity contribution in [1.82, 2.24) is 15.4 Å². The fraction of sp³-hybridized carbons (Fsp3) is 0.421. The van der Waals surface area contributed by atoms with Crippen molar-refractivity contribution < 1.29 is 4.79 Å². The molecule has 1 saturated heterocycles. The fourth-order valence-electron chi connectivity index (χ4n) is 4.19. The second-order valence-electron chi connectivity index (χ2n) is 6.94. The molecule has 0 unspecified atom stereocenters. The third-order valence-corrected chi connectivity index (χ3v) is 5.56. The molecule has 1 aromatic heterocycles. The number of fused-ring (bicyclic) bond motifs is 1. The van der Waals surface area contributed by atoms with Crippen LogP contribution in [0.4, 0.5) is 11.6 Å². The summed E-state index contributed by atoms with van der Waals surface area (Å²) < 4.78 is 0. The smallest absolute Gasteiger partial charge is 0.261 e. The lowest BCUT2D eigenvalue weighted by Gasteiger charge is -2.33. The molecule has 0 bridgehead atoms. The Balaban J connectivity index is 1.52. The topological polar surface area (TPSA) is 70.2 Å². The van der Waals surface area contributed by atoms with Crippen molar-refractivity contribution in [3.63, 3.8) is 0 Å². The lowest BCUT2D eigenvalue weighted by molar-refractivity contribution is -0.121. The fourth-order valence-corrected chi connectivity index (χ4v) is 4.38. The second-order valence-corrected chi connectivity index (χ2v) is 7.38. The van der Waals surface area contributed by atoms with E-state index in [4.69, 9.17) is 11.6 Å². The van der Waals surface area contributed by atoms with E-state index in [1.54, 1.807) is 30.6 Å². The van der Waals surface area contributed by atoms with Gasteiger partial charge in [-0.25, -0.2) is 9.97 Å². The van der Waals surface area contributed by atoms with Gasteiger partial charge in [0.25, 0.3) is 5.91 Å². The molecule has 0 spiro atoms. The molecule has 26 heavy (non-hydrogen) atoms. The summed E-state index contributed by atoms with van der Waals surface area (Å²) in [4.78, 5) is 23.9. The molecule has 2 aromatic rings. The predicted molar refractivity (Wildman–Crippen MR) is 102 cm³/mol. The maximum absolute atomic E-state index is 12.9. The first kappa shape index (κ1) is 17.1. The van der Waals surface area contributed by atoms with Crippen LogP contribution < -0.4 is 15.8 Å². The highest BCUT2D eigenvalue weighted by atomic mass is 35.5. The number of nitrogens with one attached hydrogen (secondary N) is 2. The van der Waals surface area contributed by atoms with Crippen LogP contribution in [0, 0.1) is 5.92 Å². The van der Waals surface area contributed by atoms with Gasteiger partial charge >= 0.3 is 0 Å². The quantitative estimate of drug-likeness (QED) is 0.806. The maximum atomic E-state index is 12.9. The molecule has 2 fully saturated rings. The molecule has 136 valence electrons. The number of amides is 1. The Kier molecular flexibility index (Phi) is 4.93. The summed E-state index contributed by atoms with van der Waals surface area (Å²) in [6.45, 7) is 0. The number of hydrogen-bond donors (Lipinski definition) is 2. The van der Waals surface area contributed by atoms with E-state index < -0.39 is 0 Å². The Hall–Kier alpha value is -2.34. The molecule has 0 radical (unpaired) electrons. The average Bonchev–Trinajstić information content (AvgIpc) is 3.06. The van der Waals surface area contributed by atoms with Crippen molar-refractivity contribution in [2.45, 2.75) is 44.2 Å². The van der Waals surface area contributed by atoms with Crippen molar-refractivity contribution in [1.29, 1.82) is 0 Å². The molecule has 1 aromatic carbocycles. The largest absolute Gasteiger partial charge is 0.325 e. The number of rotatable bonds is 4. The lowest BCUT2D eigenvalue weighted by atomic mass is 9.85. The summed E-state index contributed by atoms with van der Waals surface area (Å²) >= 11 is 6.00. The Morgan fingerprint density at radius 2 is 1.96 bits per heavy atom. The summed E-state index contributed by atoms with van der Waals surface area (Å²) in [7, 11) is 0. The van der Waals surface area contributed by atoms with E-state index >= 15 is 0 Å². The minimum atomic E-state index is -0.266. The monoisotopic (exact) mass is 371 g/mol. The lowest BCUT2D eigenvalue weighted by Crippen LogP contribution is -2.48. The van der Waals surface area contributed by atoms with Crippen LogP contribution in [-0.2, 0) is 4.79 Å². The molecule has 6 nitrogen and oxygen atoms in total. The Morgan fingerprint density at radius 1 is 1.15 bits per heavy atom. The third-order valence-electron chi connectivity index (χ3n) is 5.33. The van der Waals surface area contributed by atoms with Gasteiger partial charge in [0.1, 0.15) is 6.04 Å². The number of carbonyl (C=O) groups excluding carboxylic acids is 1. The van der Waals surface area contributed by atoms with E-state index in [-0.39, 0.29) is 11.9 Å². The zero-order valence-corrected chi connectivity index (χ0v) is 15.2. The van der Waals surface area contributed by atoms with E-state index in [0.717, 1.165) is 18.5 Å². The van der Waals surface area contributed by atoms with E-state index in [0.29, 0.717) is 22.9 Å². The molecule has 1 amide bonds. The first-order chi connectivity index (χ1) is 12.7. The van der Waals surface area contributed by atoms with E-state index in [1.165, 1.54) is 19.3 Å². The molecular weight excluding hydrogens is 350 g/mol. The van der Waals surface area contributed by atoms with Crippen molar-refractivity contribution in [2.75, 3.05) is 10.3 Å². The summed E-state index contributed by atoms with van der Waals surface area (Å²) in [5.41, 5.74) is 6.55. The number of halogens is 1. The highest BCUT2D eigenvalue weighted by molar-refractivity contribution is 6.30. The Labute approximate surface area is 157 Å². The molecule has 1 aliphatic heterocycles. The summed E-state index contributed by atoms with van der Waals surface area (Å²) in [6.07, 6.45) is 8.99. The predicted octanol–water partition coefficient (Wildman–Crippen LogP) is 3.41. The van der Waals surface area contributed by atoms with Crippen LogP contribution >= 0.6 is 11.6 Å². The number of benzene rings is 1. The minimum absolute atomic E-state index is 0.0631. The highest BCUT2D eigenvalue weighted by Crippen LogP contribution is 2.41. The number of anilines is 2. The van der Waals surface area contributed by atoms with Gasteiger partial charge in [-0.1, -0.05) is 30.5 Å². The van der Waals surface area contributed by atoms with Gasteiger partial charge in [0, 0.05) is 23.5 Å². The molecular formula is C19H22ClN5O. The van der Waals surface area contributed by atoms with Crippen LogP contribution in [0.3, 0.4) is 0 Å². The Bertz CT molecular complexity index is 772. The van der Waals surface area contributed by atoms with Gasteiger partial charge in [-0.3, -0.25) is 15.6 Å². The number of hydrogen-bond acceptors (Lipinski definition) is 5. The van der Waals surface area contributed by atoms with Crippen molar-refractivity contribution in [3.8, 4) is 0 Å². The zero-order valence-electron chi connectivity index (χ0n) is 14.4. The van der Waals surface area contributed by atoms with Crippen LogP contribution in [0.25, 0.3) is 0 Å². The van der Waals surface area contributed by atoms with Crippen LogP contribution in [0.1, 0.15) is 32.1 Å². The van der Waals surface area contributed by atoms with Crippen LogP contribution in [0.15, 0.2) is 42.7 Å².